The Morgan fingerprint density at radius 3 is 2.47 bits per heavy atom. The van der Waals surface area contributed by atoms with Crippen LogP contribution >= 0.6 is 0 Å². The molecule has 1 saturated heterocycles. The number of methoxy groups -OCH3 is 1. The summed E-state index contributed by atoms with van der Waals surface area (Å²) in [4.78, 5) is 2.54. The van der Waals surface area contributed by atoms with Gasteiger partial charge in [-0.3, -0.25) is 4.90 Å². The van der Waals surface area contributed by atoms with Crippen LogP contribution in [0.25, 0.3) is 0 Å². The zero-order valence-corrected chi connectivity index (χ0v) is 9.48. The number of likely N-dealkylation sites (tertiary alicyclic amines) is 1. The van der Waals surface area contributed by atoms with Crippen LogP contribution in [0.15, 0.2) is 0 Å². The van der Waals surface area contributed by atoms with E-state index in [-0.39, 0.29) is 0 Å². The summed E-state index contributed by atoms with van der Waals surface area (Å²) < 4.78 is 5.28. The molecule has 3 heteroatoms. The molecule has 15 heavy (non-hydrogen) atoms. The van der Waals surface area contributed by atoms with Gasteiger partial charge in [-0.25, -0.2) is 0 Å². The van der Waals surface area contributed by atoms with E-state index in [0.717, 1.165) is 25.6 Å². The molecule has 1 aliphatic carbocycles. The highest BCUT2D eigenvalue weighted by atomic mass is 16.5. The van der Waals surface area contributed by atoms with E-state index in [4.69, 9.17) is 10.00 Å². The Morgan fingerprint density at radius 2 is 1.93 bits per heavy atom. The minimum atomic E-state index is 0.474. The van der Waals surface area contributed by atoms with E-state index in [9.17, 15) is 0 Å². The molecule has 2 rings (SSSR count). The predicted octanol–water partition coefficient (Wildman–Crippen LogP) is 1.79. The Bertz CT molecular complexity index is 234. The molecular weight excluding hydrogens is 188 g/mol. The minimum absolute atomic E-state index is 0.474. The van der Waals surface area contributed by atoms with E-state index in [1.54, 1.807) is 7.11 Å². The molecule has 84 valence electrons. The predicted molar refractivity (Wildman–Crippen MR) is 58.3 cm³/mol. The van der Waals surface area contributed by atoms with Crippen molar-refractivity contribution >= 4 is 0 Å². The lowest BCUT2D eigenvalue weighted by atomic mass is 9.83. The van der Waals surface area contributed by atoms with Crippen molar-refractivity contribution in [3.8, 4) is 6.07 Å². The molecule has 0 aromatic carbocycles. The van der Waals surface area contributed by atoms with Crippen molar-refractivity contribution in [2.45, 2.75) is 44.2 Å². The Morgan fingerprint density at radius 1 is 1.27 bits per heavy atom. The maximum absolute atomic E-state index is 8.64. The third-order valence-corrected chi connectivity index (χ3v) is 3.92. The fourth-order valence-corrected chi connectivity index (χ4v) is 2.76. The molecule has 0 unspecified atom stereocenters. The molecule has 0 aromatic rings. The molecule has 2 fully saturated rings. The maximum atomic E-state index is 8.64. The van der Waals surface area contributed by atoms with Crippen molar-refractivity contribution in [2.24, 2.45) is 5.92 Å². The average Bonchev–Trinajstić information content (AvgIpc) is 2.19. The molecule has 3 nitrogen and oxygen atoms in total. The summed E-state index contributed by atoms with van der Waals surface area (Å²) in [5.41, 5.74) is 0. The highest BCUT2D eigenvalue weighted by molar-refractivity contribution is 4.90. The normalized spacial score (nSPS) is 33.3. The summed E-state index contributed by atoms with van der Waals surface area (Å²) in [6, 6.07) is 3.06. The van der Waals surface area contributed by atoms with Crippen molar-refractivity contribution in [1.29, 1.82) is 5.26 Å². The van der Waals surface area contributed by atoms with E-state index in [1.165, 1.54) is 25.7 Å². The largest absolute Gasteiger partial charge is 0.379 e. The van der Waals surface area contributed by atoms with Crippen molar-refractivity contribution in [2.75, 3.05) is 20.2 Å². The van der Waals surface area contributed by atoms with Crippen LogP contribution in [0, 0.1) is 17.2 Å². The number of hydrogen-bond acceptors (Lipinski definition) is 3. The first-order valence-corrected chi connectivity index (χ1v) is 5.97. The zero-order valence-electron chi connectivity index (χ0n) is 9.48. The fraction of sp³-hybridized carbons (Fsp3) is 0.917. The van der Waals surface area contributed by atoms with Crippen molar-refractivity contribution in [3.63, 3.8) is 0 Å². The summed E-state index contributed by atoms with van der Waals surface area (Å²) >= 11 is 0. The van der Waals surface area contributed by atoms with Gasteiger partial charge in [-0.15, -0.1) is 0 Å². The van der Waals surface area contributed by atoms with Crippen molar-refractivity contribution in [1.82, 2.24) is 4.90 Å². The number of rotatable bonds is 3. The van der Waals surface area contributed by atoms with Crippen molar-refractivity contribution < 1.29 is 4.74 Å². The second kappa shape index (κ2) is 4.96. The van der Waals surface area contributed by atoms with Gasteiger partial charge in [0.2, 0.25) is 0 Å². The molecule has 2 aliphatic rings. The number of hydrogen-bond donors (Lipinski definition) is 0. The monoisotopic (exact) mass is 208 g/mol. The van der Waals surface area contributed by atoms with Gasteiger partial charge in [0.15, 0.2) is 0 Å². The Kier molecular flexibility index (Phi) is 3.61. The Balaban J connectivity index is 1.69. The van der Waals surface area contributed by atoms with Crippen LogP contribution in [0.4, 0.5) is 0 Å². The molecule has 1 saturated carbocycles. The van der Waals surface area contributed by atoms with Gasteiger partial charge in [-0.1, -0.05) is 0 Å². The topological polar surface area (TPSA) is 36.3 Å². The van der Waals surface area contributed by atoms with Crippen LogP contribution in [-0.2, 0) is 4.74 Å². The van der Waals surface area contributed by atoms with Gasteiger partial charge in [0, 0.05) is 32.7 Å². The summed E-state index contributed by atoms with van der Waals surface area (Å²) in [5, 5.41) is 8.64. The van der Waals surface area contributed by atoms with Crippen LogP contribution in [0.1, 0.15) is 32.1 Å². The molecule has 0 N–H and O–H groups in total. The minimum Gasteiger partial charge on any atom is -0.379 e. The lowest BCUT2D eigenvalue weighted by Crippen LogP contribution is -2.56. The molecule has 1 heterocycles. The van der Waals surface area contributed by atoms with Gasteiger partial charge in [-0.05, 0) is 31.6 Å². The van der Waals surface area contributed by atoms with Crippen LogP contribution < -0.4 is 0 Å². The van der Waals surface area contributed by atoms with Crippen LogP contribution in [0.3, 0.4) is 0 Å². The molecule has 0 bridgehead atoms. The van der Waals surface area contributed by atoms with Crippen molar-refractivity contribution in [3.05, 3.63) is 0 Å². The first-order valence-electron chi connectivity index (χ1n) is 5.97. The molecular formula is C12H20N2O. The summed E-state index contributed by atoms with van der Waals surface area (Å²) in [7, 11) is 1.80. The lowest BCUT2D eigenvalue weighted by Gasteiger charge is -2.45. The van der Waals surface area contributed by atoms with E-state index >= 15 is 0 Å². The highest BCUT2D eigenvalue weighted by Gasteiger charge is 2.34. The van der Waals surface area contributed by atoms with Gasteiger partial charge in [0.05, 0.1) is 12.2 Å². The molecule has 0 aromatic heterocycles. The quantitative estimate of drug-likeness (QED) is 0.709. The van der Waals surface area contributed by atoms with Gasteiger partial charge in [0.1, 0.15) is 0 Å². The zero-order chi connectivity index (χ0) is 10.7. The van der Waals surface area contributed by atoms with E-state index < -0.39 is 0 Å². The van der Waals surface area contributed by atoms with E-state index in [1.807, 2.05) is 0 Å². The second-order valence-electron chi connectivity index (χ2n) is 4.85. The van der Waals surface area contributed by atoms with Gasteiger partial charge >= 0.3 is 0 Å². The molecule has 1 aliphatic heterocycles. The highest BCUT2D eigenvalue weighted by Crippen LogP contribution is 2.31. The molecule has 0 spiro atoms. The van der Waals surface area contributed by atoms with Crippen LogP contribution in [0.5, 0.6) is 0 Å². The van der Waals surface area contributed by atoms with E-state index in [0.29, 0.717) is 12.0 Å². The van der Waals surface area contributed by atoms with Gasteiger partial charge in [0.25, 0.3) is 0 Å². The maximum Gasteiger partial charge on any atom is 0.0825 e. The molecule has 0 amide bonds. The van der Waals surface area contributed by atoms with Gasteiger partial charge < -0.3 is 4.74 Å². The molecule has 0 radical (unpaired) electrons. The first-order chi connectivity index (χ1) is 7.33. The smallest absolute Gasteiger partial charge is 0.0825 e. The third kappa shape index (κ3) is 2.50. The lowest BCUT2D eigenvalue weighted by molar-refractivity contribution is -0.0594. The SMILES string of the molecule is COC1CN(C2CCC(CC#N)CC2)C1. The van der Waals surface area contributed by atoms with Crippen LogP contribution in [0.2, 0.25) is 0 Å². The Hall–Kier alpha value is -0.590. The number of nitrogens with zero attached hydrogens (tertiary/aromatic N) is 2. The first kappa shape index (κ1) is 10.9. The summed E-state index contributed by atoms with van der Waals surface area (Å²) in [5.74, 6) is 0.672. The van der Waals surface area contributed by atoms with Crippen LogP contribution in [-0.4, -0.2) is 37.2 Å². The standard InChI is InChI=1S/C12H20N2O/c1-15-12-8-14(9-12)11-4-2-10(3-5-11)6-7-13/h10-12H,2-6,8-9H2,1H3. The summed E-state index contributed by atoms with van der Waals surface area (Å²) in [6.07, 6.45) is 6.28. The fourth-order valence-electron chi connectivity index (χ4n) is 2.76. The number of ether oxygens (including phenoxy) is 1. The van der Waals surface area contributed by atoms with Gasteiger partial charge in [-0.2, -0.15) is 5.26 Å². The summed E-state index contributed by atoms with van der Waals surface area (Å²) in [6.45, 7) is 2.23. The molecule has 0 atom stereocenters. The Labute approximate surface area is 92.0 Å². The second-order valence-corrected chi connectivity index (χ2v) is 4.85. The third-order valence-electron chi connectivity index (χ3n) is 3.92. The average molecular weight is 208 g/mol. The van der Waals surface area contributed by atoms with E-state index in [2.05, 4.69) is 11.0 Å². The number of nitriles is 1.